The summed E-state index contributed by atoms with van der Waals surface area (Å²) in [6.45, 7) is 0. The molecule has 4 aromatic rings. The number of benzene rings is 4. The molecular weight excluding hydrogens is 364 g/mol. The van der Waals surface area contributed by atoms with E-state index in [1.165, 1.54) is 33.4 Å². The van der Waals surface area contributed by atoms with Gasteiger partial charge in [0.1, 0.15) is 0 Å². The Labute approximate surface area is 174 Å². The molecule has 1 aliphatic heterocycles. The molecule has 0 saturated carbocycles. The number of hydrogen-bond donors (Lipinski definition) is 0. The summed E-state index contributed by atoms with van der Waals surface area (Å²) in [6.07, 6.45) is 0. The van der Waals surface area contributed by atoms with Crippen molar-refractivity contribution in [3.8, 4) is 0 Å². The predicted octanol–water partition coefficient (Wildman–Crippen LogP) is 6.04. The first kappa shape index (κ1) is 17.7. The van der Waals surface area contributed by atoms with E-state index in [0.29, 0.717) is 0 Å². The summed E-state index contributed by atoms with van der Waals surface area (Å²) >= 11 is 0. The number of hydrogen-bond acceptors (Lipinski definition) is 0. The maximum absolute atomic E-state index is 2.28. The van der Waals surface area contributed by atoms with E-state index in [4.69, 9.17) is 0 Å². The van der Waals surface area contributed by atoms with Crippen molar-refractivity contribution in [1.82, 2.24) is 0 Å². The fourth-order valence-corrected chi connectivity index (χ4v) is 8.08. The molecular formula is C28H23Si-. The van der Waals surface area contributed by atoms with Crippen molar-refractivity contribution in [3.05, 3.63) is 144 Å². The van der Waals surface area contributed by atoms with Crippen molar-refractivity contribution < 1.29 is 0 Å². The molecule has 0 saturated heterocycles. The summed E-state index contributed by atoms with van der Waals surface area (Å²) in [5.74, 6) is 0. The molecule has 1 heteroatoms. The van der Waals surface area contributed by atoms with Crippen LogP contribution in [0.25, 0.3) is 21.5 Å². The Bertz CT molecular complexity index is 1080. The molecule has 5 rings (SSSR count). The van der Waals surface area contributed by atoms with Gasteiger partial charge in [-0.1, -0.05) is 0 Å². The van der Waals surface area contributed by atoms with Crippen molar-refractivity contribution in [1.29, 1.82) is 0 Å². The Morgan fingerprint density at radius 2 is 0.586 bits per heavy atom. The predicted molar refractivity (Wildman–Crippen MR) is 129 cm³/mol. The fraction of sp³-hybridized carbons (Fsp3) is 0. The first-order chi connectivity index (χ1) is 14.4. The van der Waals surface area contributed by atoms with E-state index in [0.717, 1.165) is 0 Å². The van der Waals surface area contributed by atoms with Gasteiger partial charge in [-0.3, -0.25) is 0 Å². The second kappa shape index (κ2) is 7.90. The van der Waals surface area contributed by atoms with Crippen LogP contribution in [-0.2, 0) is 0 Å². The van der Waals surface area contributed by atoms with Gasteiger partial charge in [0.05, 0.1) is 0 Å². The molecule has 0 fully saturated rings. The van der Waals surface area contributed by atoms with E-state index in [1.54, 1.807) is 10.4 Å². The monoisotopic (exact) mass is 387 g/mol. The van der Waals surface area contributed by atoms with Crippen molar-refractivity contribution in [2.45, 2.75) is 0 Å². The Morgan fingerprint density at radius 3 is 0.897 bits per heavy atom. The zero-order valence-electron chi connectivity index (χ0n) is 16.5. The quantitative estimate of drug-likeness (QED) is 0.375. The molecule has 0 bridgehead atoms. The minimum atomic E-state index is -1.28. The minimum absolute atomic E-state index is 1.28. The summed E-state index contributed by atoms with van der Waals surface area (Å²) < 4.78 is 0. The van der Waals surface area contributed by atoms with Crippen molar-refractivity contribution in [2.75, 3.05) is 0 Å². The molecule has 0 unspecified atom stereocenters. The topological polar surface area (TPSA) is 0 Å². The third-order valence-corrected chi connectivity index (χ3v) is 9.19. The average Bonchev–Trinajstić information content (AvgIpc) is 3.22. The number of allylic oxidation sites excluding steroid dienone is 2. The molecule has 0 atom stereocenters. The van der Waals surface area contributed by atoms with Crippen LogP contribution in [0.15, 0.2) is 121 Å². The molecule has 0 spiro atoms. The molecule has 0 N–H and O–H groups in total. The Kier molecular flexibility index (Phi) is 4.81. The van der Waals surface area contributed by atoms with Gasteiger partial charge in [-0.15, -0.1) is 0 Å². The SMILES string of the molecule is c1ccc(C2=C(c3ccccc3)C(c3ccccc3)=C(c3ccccc3)[SiH3-]2)cc1. The standard InChI is InChI=1S/C28H23Si/c1-5-13-21(14-6-1)25-26(22-15-7-2-8-16-22)28(24-19-11-4-12-20-24)29-27(25)23-17-9-3-10-18-23/h1-20H,29H3/q-1. The molecule has 0 aliphatic carbocycles. The van der Waals surface area contributed by atoms with Crippen LogP contribution >= 0.6 is 0 Å². The molecule has 1 heterocycles. The second-order valence-corrected chi connectivity index (χ2v) is 10.2. The Balaban J connectivity index is 1.81. The Morgan fingerprint density at radius 1 is 0.310 bits per heavy atom. The molecule has 0 radical (unpaired) electrons. The van der Waals surface area contributed by atoms with Crippen LogP contribution in [0.1, 0.15) is 22.3 Å². The molecule has 29 heavy (non-hydrogen) atoms. The number of rotatable bonds is 4. The summed E-state index contributed by atoms with van der Waals surface area (Å²) in [6, 6.07) is 43.9. The van der Waals surface area contributed by atoms with Crippen LogP contribution in [0.4, 0.5) is 0 Å². The van der Waals surface area contributed by atoms with Gasteiger partial charge in [0.25, 0.3) is 0 Å². The van der Waals surface area contributed by atoms with Crippen LogP contribution in [0.2, 0.25) is 0 Å². The summed E-state index contributed by atoms with van der Waals surface area (Å²) in [4.78, 5) is 0. The van der Waals surface area contributed by atoms with Crippen LogP contribution in [-0.4, -0.2) is 9.52 Å². The van der Waals surface area contributed by atoms with Gasteiger partial charge in [-0.05, 0) is 0 Å². The van der Waals surface area contributed by atoms with Gasteiger partial charge in [0, 0.05) is 0 Å². The fourth-order valence-electron chi connectivity index (χ4n) is 4.76. The van der Waals surface area contributed by atoms with Gasteiger partial charge in [0.15, 0.2) is 0 Å². The molecule has 0 nitrogen and oxygen atoms in total. The van der Waals surface area contributed by atoms with E-state index < -0.39 is 9.52 Å². The van der Waals surface area contributed by atoms with Gasteiger partial charge in [-0.2, -0.15) is 0 Å². The zero-order valence-corrected chi connectivity index (χ0v) is 18.5. The van der Waals surface area contributed by atoms with Gasteiger partial charge in [-0.25, -0.2) is 0 Å². The summed E-state index contributed by atoms with van der Waals surface area (Å²) in [5, 5.41) is 3.18. The molecule has 140 valence electrons. The van der Waals surface area contributed by atoms with Crippen LogP contribution in [0, 0.1) is 0 Å². The van der Waals surface area contributed by atoms with Crippen LogP contribution in [0.3, 0.4) is 0 Å². The second-order valence-electron chi connectivity index (χ2n) is 7.71. The van der Waals surface area contributed by atoms with Gasteiger partial charge < -0.3 is 0 Å². The third kappa shape index (κ3) is 3.41. The normalized spacial score (nSPS) is 14.1. The van der Waals surface area contributed by atoms with E-state index in [9.17, 15) is 0 Å². The maximum atomic E-state index is 2.28. The van der Waals surface area contributed by atoms with E-state index >= 15 is 0 Å². The molecule has 4 aromatic carbocycles. The third-order valence-electron chi connectivity index (χ3n) is 6.04. The van der Waals surface area contributed by atoms with E-state index in [1.807, 2.05) is 0 Å². The molecule has 0 amide bonds. The zero-order chi connectivity index (χ0) is 19.5. The summed E-state index contributed by atoms with van der Waals surface area (Å²) in [7, 11) is -1.28. The van der Waals surface area contributed by atoms with Crippen molar-refractivity contribution in [3.63, 3.8) is 0 Å². The van der Waals surface area contributed by atoms with E-state index in [-0.39, 0.29) is 0 Å². The van der Waals surface area contributed by atoms with Crippen LogP contribution in [0.5, 0.6) is 0 Å². The van der Waals surface area contributed by atoms with Crippen molar-refractivity contribution >= 4 is 31.1 Å². The first-order valence-electron chi connectivity index (χ1n) is 10.4. The van der Waals surface area contributed by atoms with Crippen LogP contribution < -0.4 is 0 Å². The van der Waals surface area contributed by atoms with Crippen molar-refractivity contribution in [2.24, 2.45) is 0 Å². The summed E-state index contributed by atoms with van der Waals surface area (Å²) in [5.41, 5.74) is 8.28. The Hall–Kier alpha value is -3.42. The average molecular weight is 388 g/mol. The van der Waals surface area contributed by atoms with E-state index in [2.05, 4.69) is 121 Å². The van der Waals surface area contributed by atoms with Gasteiger partial charge in [0.2, 0.25) is 0 Å². The molecule has 1 aliphatic rings. The first-order valence-corrected chi connectivity index (χ1v) is 12.4. The molecule has 0 aromatic heterocycles. The van der Waals surface area contributed by atoms with Gasteiger partial charge >= 0.3 is 175 Å².